The summed E-state index contributed by atoms with van der Waals surface area (Å²) < 4.78 is 6.27. The Labute approximate surface area is 257 Å². The number of benzene rings is 7. The first-order valence-electron chi connectivity index (χ1n) is 14.9. The first kappa shape index (κ1) is 25.8. The van der Waals surface area contributed by atoms with Crippen LogP contribution in [0.25, 0.3) is 55.3 Å². The molecule has 44 heavy (non-hydrogen) atoms. The molecule has 0 bridgehead atoms. The van der Waals surface area contributed by atoms with E-state index in [0.29, 0.717) is 0 Å². The smallest absolute Gasteiger partial charge is 0.135 e. The Morgan fingerprint density at radius 3 is 1.89 bits per heavy atom. The SMILES string of the molecule is c1ccc(-c2ccccc2N(c2ccc(-c3cccc4ccccc34)cc2)c2cccc(-c3cc4ccccc4o3)c2)cc1. The minimum atomic E-state index is 0.857. The molecule has 1 heterocycles. The van der Waals surface area contributed by atoms with Gasteiger partial charge in [-0.3, -0.25) is 0 Å². The number of nitrogens with zero attached hydrogens (tertiary/aromatic N) is 1. The number of hydrogen-bond acceptors (Lipinski definition) is 2. The summed E-state index contributed by atoms with van der Waals surface area (Å²) in [5.74, 6) is 0.857. The number of anilines is 3. The Hall–Kier alpha value is -5.86. The van der Waals surface area contributed by atoms with Gasteiger partial charge in [-0.1, -0.05) is 133 Å². The molecule has 0 aliphatic heterocycles. The largest absolute Gasteiger partial charge is 0.456 e. The van der Waals surface area contributed by atoms with Crippen molar-refractivity contribution in [3.05, 3.63) is 176 Å². The van der Waals surface area contributed by atoms with Gasteiger partial charge in [-0.05, 0) is 69.9 Å². The quantitative estimate of drug-likeness (QED) is 0.200. The molecule has 0 aliphatic rings. The van der Waals surface area contributed by atoms with Gasteiger partial charge in [0.1, 0.15) is 11.3 Å². The molecule has 0 amide bonds. The van der Waals surface area contributed by atoms with E-state index in [1.807, 2.05) is 18.2 Å². The number of hydrogen-bond donors (Lipinski definition) is 0. The van der Waals surface area contributed by atoms with Crippen molar-refractivity contribution >= 4 is 38.8 Å². The van der Waals surface area contributed by atoms with Gasteiger partial charge < -0.3 is 9.32 Å². The zero-order valence-electron chi connectivity index (χ0n) is 24.1. The van der Waals surface area contributed by atoms with Gasteiger partial charge in [0, 0.05) is 27.9 Å². The highest BCUT2D eigenvalue weighted by atomic mass is 16.3. The van der Waals surface area contributed by atoms with Crippen molar-refractivity contribution < 1.29 is 4.42 Å². The van der Waals surface area contributed by atoms with E-state index < -0.39 is 0 Å². The lowest BCUT2D eigenvalue weighted by Crippen LogP contribution is -2.11. The third-order valence-corrected chi connectivity index (χ3v) is 8.27. The molecular weight excluding hydrogens is 534 g/mol. The summed E-state index contributed by atoms with van der Waals surface area (Å²) in [5, 5.41) is 3.60. The van der Waals surface area contributed by atoms with E-state index in [9.17, 15) is 0 Å². The first-order chi connectivity index (χ1) is 21.8. The molecule has 0 atom stereocenters. The molecule has 0 unspecified atom stereocenters. The van der Waals surface area contributed by atoms with Crippen molar-refractivity contribution in [2.24, 2.45) is 0 Å². The molecule has 1 aromatic heterocycles. The number of furan rings is 1. The molecule has 0 N–H and O–H groups in total. The van der Waals surface area contributed by atoms with Crippen molar-refractivity contribution in [2.45, 2.75) is 0 Å². The van der Waals surface area contributed by atoms with Crippen molar-refractivity contribution in [3.8, 4) is 33.6 Å². The van der Waals surface area contributed by atoms with Crippen LogP contribution in [0, 0.1) is 0 Å². The van der Waals surface area contributed by atoms with Gasteiger partial charge in [0.2, 0.25) is 0 Å². The average Bonchev–Trinajstić information content (AvgIpc) is 3.54. The maximum absolute atomic E-state index is 6.27. The van der Waals surface area contributed by atoms with Crippen molar-refractivity contribution in [1.29, 1.82) is 0 Å². The minimum absolute atomic E-state index is 0.857. The fraction of sp³-hybridized carbons (Fsp3) is 0. The highest BCUT2D eigenvalue weighted by Gasteiger charge is 2.18. The fourth-order valence-corrected chi connectivity index (χ4v) is 6.15. The van der Waals surface area contributed by atoms with E-state index in [4.69, 9.17) is 4.42 Å². The van der Waals surface area contributed by atoms with Gasteiger partial charge in [-0.25, -0.2) is 0 Å². The van der Waals surface area contributed by atoms with E-state index in [-0.39, 0.29) is 0 Å². The summed E-state index contributed by atoms with van der Waals surface area (Å²) in [6.07, 6.45) is 0. The lowest BCUT2D eigenvalue weighted by molar-refractivity contribution is 0.631. The lowest BCUT2D eigenvalue weighted by Gasteiger charge is -2.28. The van der Waals surface area contributed by atoms with Gasteiger partial charge in [0.15, 0.2) is 0 Å². The molecule has 2 nitrogen and oxygen atoms in total. The van der Waals surface area contributed by atoms with E-state index in [1.54, 1.807) is 0 Å². The maximum atomic E-state index is 6.27. The third kappa shape index (κ3) is 4.73. The maximum Gasteiger partial charge on any atom is 0.135 e. The Morgan fingerprint density at radius 1 is 0.386 bits per heavy atom. The van der Waals surface area contributed by atoms with E-state index in [0.717, 1.165) is 39.4 Å². The first-order valence-corrected chi connectivity index (χ1v) is 14.9. The van der Waals surface area contributed by atoms with E-state index >= 15 is 0 Å². The molecule has 8 aromatic rings. The molecule has 0 saturated heterocycles. The van der Waals surface area contributed by atoms with Crippen molar-refractivity contribution in [1.82, 2.24) is 0 Å². The summed E-state index contributed by atoms with van der Waals surface area (Å²) in [4.78, 5) is 2.35. The highest BCUT2D eigenvalue weighted by molar-refractivity contribution is 5.97. The second-order valence-corrected chi connectivity index (χ2v) is 11.0. The van der Waals surface area contributed by atoms with Gasteiger partial charge in [0.05, 0.1) is 5.69 Å². The molecular formula is C42H29NO. The molecule has 0 radical (unpaired) electrons. The topological polar surface area (TPSA) is 16.4 Å². The molecule has 0 spiro atoms. The van der Waals surface area contributed by atoms with Crippen LogP contribution in [0.15, 0.2) is 180 Å². The van der Waals surface area contributed by atoms with Gasteiger partial charge in [-0.2, -0.15) is 0 Å². The molecule has 208 valence electrons. The van der Waals surface area contributed by atoms with Gasteiger partial charge in [0.25, 0.3) is 0 Å². The second-order valence-electron chi connectivity index (χ2n) is 11.0. The zero-order chi connectivity index (χ0) is 29.3. The van der Waals surface area contributed by atoms with Crippen molar-refractivity contribution in [3.63, 3.8) is 0 Å². The van der Waals surface area contributed by atoms with E-state index in [1.165, 1.54) is 33.0 Å². The number of rotatable bonds is 6. The van der Waals surface area contributed by atoms with Crippen LogP contribution in [0.5, 0.6) is 0 Å². The van der Waals surface area contributed by atoms with Crippen LogP contribution in [0.4, 0.5) is 17.1 Å². The predicted octanol–water partition coefficient (Wildman–Crippen LogP) is 12.1. The lowest BCUT2D eigenvalue weighted by atomic mass is 9.97. The van der Waals surface area contributed by atoms with Gasteiger partial charge in [-0.15, -0.1) is 0 Å². The van der Waals surface area contributed by atoms with Crippen LogP contribution >= 0.6 is 0 Å². The molecule has 0 saturated carbocycles. The Kier molecular flexibility index (Phi) is 6.51. The normalized spacial score (nSPS) is 11.2. The van der Waals surface area contributed by atoms with Crippen LogP contribution < -0.4 is 4.90 Å². The van der Waals surface area contributed by atoms with Gasteiger partial charge >= 0.3 is 0 Å². The molecule has 0 aliphatic carbocycles. The molecule has 0 fully saturated rings. The monoisotopic (exact) mass is 563 g/mol. The van der Waals surface area contributed by atoms with Crippen LogP contribution in [0.3, 0.4) is 0 Å². The summed E-state index contributed by atoms with van der Waals surface area (Å²) in [6.45, 7) is 0. The standard InChI is InChI=1S/C42H29NO/c1-2-12-31(13-3-1)39-20-7-8-22-40(39)43(36-18-10-17-33(28-36)42-29-34-15-5-9-23-41(34)44-42)35-26-24-32(25-27-35)38-21-11-16-30-14-4-6-19-37(30)38/h1-29H. The van der Waals surface area contributed by atoms with E-state index in [2.05, 4.69) is 163 Å². The van der Waals surface area contributed by atoms with Crippen LogP contribution in [-0.4, -0.2) is 0 Å². The fourth-order valence-electron chi connectivity index (χ4n) is 6.15. The van der Waals surface area contributed by atoms with Crippen LogP contribution in [0.2, 0.25) is 0 Å². The third-order valence-electron chi connectivity index (χ3n) is 8.27. The van der Waals surface area contributed by atoms with Crippen LogP contribution in [0.1, 0.15) is 0 Å². The Bertz CT molecular complexity index is 2190. The number of para-hydroxylation sites is 2. The molecule has 7 aromatic carbocycles. The van der Waals surface area contributed by atoms with Crippen LogP contribution in [-0.2, 0) is 0 Å². The summed E-state index contributed by atoms with van der Waals surface area (Å²) in [5.41, 5.74) is 9.95. The summed E-state index contributed by atoms with van der Waals surface area (Å²) in [6, 6.07) is 62.1. The molecule has 2 heteroatoms. The van der Waals surface area contributed by atoms with Crippen molar-refractivity contribution in [2.75, 3.05) is 4.90 Å². The highest BCUT2D eigenvalue weighted by Crippen LogP contribution is 2.42. The number of fused-ring (bicyclic) bond motifs is 2. The summed E-state index contributed by atoms with van der Waals surface area (Å²) in [7, 11) is 0. The summed E-state index contributed by atoms with van der Waals surface area (Å²) >= 11 is 0. The average molecular weight is 564 g/mol. The zero-order valence-corrected chi connectivity index (χ0v) is 24.1. The molecule has 8 rings (SSSR count). The minimum Gasteiger partial charge on any atom is -0.456 e. The second kappa shape index (κ2) is 11.1. The Balaban J connectivity index is 1.28. The predicted molar refractivity (Wildman–Crippen MR) is 185 cm³/mol. The Morgan fingerprint density at radius 2 is 1.02 bits per heavy atom.